The molecular formula is C20H27N3O3S. The van der Waals surface area contributed by atoms with E-state index in [4.69, 9.17) is 4.74 Å². The zero-order valence-electron chi connectivity index (χ0n) is 15.9. The Morgan fingerprint density at radius 3 is 2.70 bits per heavy atom. The Morgan fingerprint density at radius 2 is 2.04 bits per heavy atom. The molecule has 1 saturated heterocycles. The van der Waals surface area contributed by atoms with E-state index in [9.17, 15) is 8.42 Å². The molecule has 0 unspecified atom stereocenters. The third kappa shape index (κ3) is 5.28. The van der Waals surface area contributed by atoms with Gasteiger partial charge < -0.3 is 4.74 Å². The fourth-order valence-electron chi connectivity index (χ4n) is 3.40. The highest BCUT2D eigenvalue weighted by molar-refractivity contribution is 7.89. The van der Waals surface area contributed by atoms with Crippen LogP contribution in [0.25, 0.3) is 0 Å². The fraction of sp³-hybridized carbons (Fsp3) is 0.450. The molecule has 0 spiro atoms. The molecule has 1 fully saturated rings. The van der Waals surface area contributed by atoms with Crippen LogP contribution in [0.4, 0.5) is 0 Å². The first-order valence-electron chi connectivity index (χ1n) is 9.23. The van der Waals surface area contributed by atoms with Gasteiger partial charge >= 0.3 is 0 Å². The predicted molar refractivity (Wildman–Crippen MR) is 105 cm³/mol. The summed E-state index contributed by atoms with van der Waals surface area (Å²) in [6, 6.07) is 9.23. The molecule has 0 atom stereocenters. The molecule has 0 amide bonds. The number of aryl methyl sites for hydroxylation is 1. The summed E-state index contributed by atoms with van der Waals surface area (Å²) in [5.74, 6) is 0.722. The van der Waals surface area contributed by atoms with Crippen LogP contribution in [0.2, 0.25) is 0 Å². The third-order valence-corrected chi connectivity index (χ3v) is 6.45. The zero-order valence-corrected chi connectivity index (χ0v) is 16.7. The number of pyridine rings is 1. The van der Waals surface area contributed by atoms with E-state index in [0.717, 1.165) is 38.0 Å². The van der Waals surface area contributed by atoms with Gasteiger partial charge in [0.2, 0.25) is 10.0 Å². The molecule has 0 radical (unpaired) electrons. The lowest BCUT2D eigenvalue weighted by Gasteiger charge is -2.32. The van der Waals surface area contributed by atoms with Crippen LogP contribution in [0, 0.1) is 12.8 Å². The number of methoxy groups -OCH3 is 1. The largest absolute Gasteiger partial charge is 0.495 e. The summed E-state index contributed by atoms with van der Waals surface area (Å²) >= 11 is 0. The molecule has 1 N–H and O–H groups in total. The van der Waals surface area contributed by atoms with Crippen molar-refractivity contribution in [3.05, 3.63) is 53.9 Å². The maximum atomic E-state index is 12.7. The lowest BCUT2D eigenvalue weighted by Crippen LogP contribution is -2.38. The molecule has 2 heterocycles. The number of hydrogen-bond acceptors (Lipinski definition) is 5. The number of nitrogens with zero attached hydrogens (tertiary/aromatic N) is 2. The summed E-state index contributed by atoms with van der Waals surface area (Å²) in [6.07, 6.45) is 5.64. The Hall–Kier alpha value is -1.96. The molecule has 3 rings (SSSR count). The number of likely N-dealkylation sites (tertiary alicyclic amines) is 1. The second kappa shape index (κ2) is 8.82. The summed E-state index contributed by atoms with van der Waals surface area (Å²) in [4.78, 5) is 6.76. The van der Waals surface area contributed by atoms with Gasteiger partial charge in [-0.05, 0) is 68.1 Å². The zero-order chi connectivity index (χ0) is 19.3. The lowest BCUT2D eigenvalue weighted by molar-refractivity contribution is 0.178. The molecule has 6 nitrogen and oxygen atoms in total. The van der Waals surface area contributed by atoms with Gasteiger partial charge in [0.25, 0.3) is 0 Å². The molecule has 0 aliphatic carbocycles. The van der Waals surface area contributed by atoms with Crippen molar-refractivity contribution in [2.45, 2.75) is 31.2 Å². The van der Waals surface area contributed by atoms with Gasteiger partial charge in [-0.15, -0.1) is 0 Å². The Morgan fingerprint density at radius 1 is 1.26 bits per heavy atom. The first-order chi connectivity index (χ1) is 13.0. The highest BCUT2D eigenvalue weighted by atomic mass is 32.2. The van der Waals surface area contributed by atoms with E-state index in [-0.39, 0.29) is 4.90 Å². The molecule has 146 valence electrons. The average Bonchev–Trinajstić information content (AvgIpc) is 2.68. The Labute approximate surface area is 161 Å². The van der Waals surface area contributed by atoms with Gasteiger partial charge in [0.05, 0.1) is 7.11 Å². The summed E-state index contributed by atoms with van der Waals surface area (Å²) in [5.41, 5.74) is 2.10. The first-order valence-corrected chi connectivity index (χ1v) is 10.7. The van der Waals surface area contributed by atoms with Gasteiger partial charge in [0.15, 0.2) is 0 Å². The summed E-state index contributed by atoms with van der Waals surface area (Å²) in [6.45, 7) is 5.16. The Kier molecular flexibility index (Phi) is 6.46. The number of piperidine rings is 1. The minimum atomic E-state index is -3.58. The van der Waals surface area contributed by atoms with Crippen LogP contribution >= 0.6 is 0 Å². The van der Waals surface area contributed by atoms with Gasteiger partial charge in [-0.1, -0.05) is 12.1 Å². The van der Waals surface area contributed by atoms with Gasteiger partial charge in [-0.3, -0.25) is 9.88 Å². The average molecular weight is 390 g/mol. The second-order valence-electron chi connectivity index (χ2n) is 7.09. The molecule has 1 aromatic heterocycles. The number of rotatable bonds is 7. The molecule has 7 heteroatoms. The highest BCUT2D eigenvalue weighted by Gasteiger charge is 2.24. The molecular weight excluding hydrogens is 362 g/mol. The highest BCUT2D eigenvalue weighted by Crippen LogP contribution is 2.25. The predicted octanol–water partition coefficient (Wildman–Crippen LogP) is 2.59. The minimum absolute atomic E-state index is 0.207. The standard InChI is InChI=1S/C20H27N3O3S/c1-16-5-6-19(26-2)20(12-16)27(24,25)22-14-17-7-10-23(11-8-17)15-18-4-3-9-21-13-18/h3-6,9,12-13,17,22H,7-8,10-11,14-15H2,1-2H3. The summed E-state index contributed by atoms with van der Waals surface area (Å²) in [7, 11) is -2.10. The van der Waals surface area contributed by atoms with Crippen molar-refractivity contribution in [2.24, 2.45) is 5.92 Å². The number of benzene rings is 1. The molecule has 0 saturated carbocycles. The Balaban J connectivity index is 1.53. The van der Waals surface area contributed by atoms with E-state index < -0.39 is 10.0 Å². The molecule has 1 aliphatic rings. The minimum Gasteiger partial charge on any atom is -0.495 e. The van der Waals surface area contributed by atoms with Crippen LogP contribution < -0.4 is 9.46 Å². The van der Waals surface area contributed by atoms with Gasteiger partial charge in [-0.2, -0.15) is 0 Å². The smallest absolute Gasteiger partial charge is 0.244 e. The SMILES string of the molecule is COc1ccc(C)cc1S(=O)(=O)NCC1CCN(Cc2cccnc2)CC1. The molecule has 0 bridgehead atoms. The molecule has 2 aromatic rings. The summed E-state index contributed by atoms with van der Waals surface area (Å²) < 4.78 is 33.4. The first kappa shape index (κ1) is 19.8. The van der Waals surface area contributed by atoms with Crippen molar-refractivity contribution >= 4 is 10.0 Å². The molecule has 1 aromatic carbocycles. The van der Waals surface area contributed by atoms with Gasteiger partial charge in [-0.25, -0.2) is 13.1 Å². The lowest BCUT2D eigenvalue weighted by atomic mass is 9.97. The van der Waals surface area contributed by atoms with Crippen LogP contribution in [0.1, 0.15) is 24.0 Å². The van der Waals surface area contributed by atoms with E-state index in [1.807, 2.05) is 25.3 Å². The van der Waals surface area contributed by atoms with Gasteiger partial charge in [0.1, 0.15) is 10.6 Å². The number of aromatic nitrogens is 1. The Bertz CT molecular complexity index is 848. The maximum absolute atomic E-state index is 12.7. The van der Waals surface area contributed by atoms with Crippen molar-refractivity contribution in [2.75, 3.05) is 26.7 Å². The van der Waals surface area contributed by atoms with E-state index in [1.54, 1.807) is 18.3 Å². The van der Waals surface area contributed by atoms with Crippen molar-refractivity contribution in [1.82, 2.24) is 14.6 Å². The monoisotopic (exact) mass is 389 g/mol. The van der Waals surface area contributed by atoms with Crippen LogP contribution in [0.15, 0.2) is 47.6 Å². The van der Waals surface area contributed by atoms with Crippen molar-refractivity contribution < 1.29 is 13.2 Å². The van der Waals surface area contributed by atoms with E-state index in [1.165, 1.54) is 12.7 Å². The third-order valence-electron chi connectivity index (χ3n) is 5.01. The van der Waals surface area contributed by atoms with E-state index in [0.29, 0.717) is 18.2 Å². The maximum Gasteiger partial charge on any atom is 0.244 e. The quantitative estimate of drug-likeness (QED) is 0.788. The number of hydrogen-bond donors (Lipinski definition) is 1. The number of ether oxygens (including phenoxy) is 1. The van der Waals surface area contributed by atoms with Crippen molar-refractivity contribution in [3.8, 4) is 5.75 Å². The van der Waals surface area contributed by atoms with Gasteiger partial charge in [0, 0.05) is 25.5 Å². The molecule has 27 heavy (non-hydrogen) atoms. The number of sulfonamides is 1. The van der Waals surface area contributed by atoms with Crippen LogP contribution in [0.5, 0.6) is 5.75 Å². The van der Waals surface area contributed by atoms with Crippen molar-refractivity contribution in [3.63, 3.8) is 0 Å². The second-order valence-corrected chi connectivity index (χ2v) is 8.82. The summed E-state index contributed by atoms with van der Waals surface area (Å²) in [5, 5.41) is 0. The van der Waals surface area contributed by atoms with E-state index in [2.05, 4.69) is 20.7 Å². The van der Waals surface area contributed by atoms with Crippen molar-refractivity contribution in [1.29, 1.82) is 0 Å². The topological polar surface area (TPSA) is 71.5 Å². The van der Waals surface area contributed by atoms with E-state index >= 15 is 0 Å². The number of nitrogens with one attached hydrogen (secondary N) is 1. The van der Waals surface area contributed by atoms with Crippen LogP contribution in [-0.2, 0) is 16.6 Å². The fourth-order valence-corrected chi connectivity index (χ4v) is 4.77. The molecule has 1 aliphatic heterocycles. The normalized spacial score (nSPS) is 16.4. The van der Waals surface area contributed by atoms with Crippen LogP contribution in [-0.4, -0.2) is 45.0 Å². The van der Waals surface area contributed by atoms with Crippen LogP contribution in [0.3, 0.4) is 0 Å².